The van der Waals surface area contributed by atoms with Gasteiger partial charge in [-0.05, 0) is 36.6 Å². The average Bonchev–Trinajstić information content (AvgIpc) is 2.86. The third kappa shape index (κ3) is 6.42. The van der Waals surface area contributed by atoms with Gasteiger partial charge in [0.05, 0.1) is 0 Å². The molecule has 0 saturated carbocycles. The lowest BCUT2D eigenvalue weighted by molar-refractivity contribution is 0.621. The van der Waals surface area contributed by atoms with Crippen LogP contribution in [0.3, 0.4) is 0 Å². The van der Waals surface area contributed by atoms with Gasteiger partial charge < -0.3 is 5.32 Å². The zero-order chi connectivity index (χ0) is 13.1. The first-order valence-electron chi connectivity index (χ1n) is 6.74. The van der Waals surface area contributed by atoms with Gasteiger partial charge >= 0.3 is 0 Å². The van der Waals surface area contributed by atoms with Crippen LogP contribution in [0.1, 0.15) is 52.0 Å². The Bertz CT molecular complexity index is 280. The number of rotatable bonds is 1. The molecule has 1 unspecified atom stereocenters. The van der Waals surface area contributed by atoms with Gasteiger partial charge in [0.25, 0.3) is 0 Å². The van der Waals surface area contributed by atoms with Crippen molar-refractivity contribution in [3.8, 4) is 0 Å². The molecule has 1 heterocycles. The van der Waals surface area contributed by atoms with E-state index in [9.17, 15) is 4.39 Å². The third-order valence-electron chi connectivity index (χ3n) is 2.38. The summed E-state index contributed by atoms with van der Waals surface area (Å²) in [5.74, 6) is 0.389. The molecular formula is C15H26FN. The highest BCUT2D eigenvalue weighted by Gasteiger charge is 2.16. The second-order valence-electron chi connectivity index (χ2n) is 3.95. The fourth-order valence-corrected chi connectivity index (χ4v) is 1.70. The summed E-state index contributed by atoms with van der Waals surface area (Å²) in [4.78, 5) is 0. The molecule has 0 bridgehead atoms. The summed E-state index contributed by atoms with van der Waals surface area (Å²) in [6.45, 7) is 10.3. The van der Waals surface area contributed by atoms with E-state index in [1.807, 2.05) is 19.9 Å². The van der Waals surface area contributed by atoms with Gasteiger partial charge in [0.1, 0.15) is 5.82 Å². The van der Waals surface area contributed by atoms with Crippen molar-refractivity contribution in [1.82, 2.24) is 5.32 Å². The van der Waals surface area contributed by atoms with E-state index in [-0.39, 0.29) is 5.82 Å². The Balaban J connectivity index is 0.000000450. The van der Waals surface area contributed by atoms with Crippen molar-refractivity contribution in [2.24, 2.45) is 0 Å². The van der Waals surface area contributed by atoms with E-state index >= 15 is 0 Å². The van der Waals surface area contributed by atoms with E-state index in [1.54, 1.807) is 12.1 Å². The van der Waals surface area contributed by atoms with Gasteiger partial charge in [0.15, 0.2) is 0 Å². The highest BCUT2D eigenvalue weighted by atomic mass is 19.1. The van der Waals surface area contributed by atoms with Crippen LogP contribution < -0.4 is 5.32 Å². The minimum atomic E-state index is -0.126. The summed E-state index contributed by atoms with van der Waals surface area (Å²) in [5, 5.41) is 3.27. The monoisotopic (exact) mass is 239 g/mol. The molecule has 2 heteroatoms. The van der Waals surface area contributed by atoms with E-state index in [0.717, 1.165) is 25.1 Å². The quantitative estimate of drug-likeness (QED) is 0.768. The van der Waals surface area contributed by atoms with Crippen LogP contribution in [0.15, 0.2) is 24.3 Å². The third-order valence-corrected chi connectivity index (χ3v) is 2.38. The van der Waals surface area contributed by atoms with Crippen LogP contribution in [0.2, 0.25) is 0 Å². The second kappa shape index (κ2) is 10.3. The zero-order valence-corrected chi connectivity index (χ0v) is 11.6. The van der Waals surface area contributed by atoms with Crippen LogP contribution in [-0.4, -0.2) is 13.1 Å². The van der Waals surface area contributed by atoms with Crippen molar-refractivity contribution in [3.63, 3.8) is 0 Å². The Morgan fingerprint density at radius 1 is 1.29 bits per heavy atom. The van der Waals surface area contributed by atoms with Crippen molar-refractivity contribution in [2.45, 2.75) is 46.5 Å². The summed E-state index contributed by atoms with van der Waals surface area (Å²) in [7, 11) is 0. The molecular weight excluding hydrogens is 213 g/mol. The standard InChI is InChI=1S/C10H12FN.C3H8.C2H6/c11-10-3-1-2-8(6-10)9-4-5-12-7-9;1-3-2;1-2/h1-3,6,9,12H,4-5,7H2;3H2,1-2H3;1-2H3. The van der Waals surface area contributed by atoms with E-state index in [2.05, 4.69) is 19.2 Å². The van der Waals surface area contributed by atoms with Gasteiger partial charge in [-0.3, -0.25) is 0 Å². The molecule has 2 rings (SSSR count). The maximum absolute atomic E-state index is 12.8. The first kappa shape index (κ1) is 16.1. The predicted octanol–water partition coefficient (Wildman–Crippen LogP) is 4.35. The molecule has 0 spiro atoms. The number of hydrogen-bond donors (Lipinski definition) is 1. The van der Waals surface area contributed by atoms with Gasteiger partial charge in [-0.1, -0.05) is 46.2 Å². The molecule has 1 aromatic rings. The molecule has 0 radical (unpaired) electrons. The van der Waals surface area contributed by atoms with E-state index in [4.69, 9.17) is 0 Å². The molecule has 1 nitrogen and oxygen atoms in total. The Morgan fingerprint density at radius 2 is 1.94 bits per heavy atom. The molecule has 1 N–H and O–H groups in total. The van der Waals surface area contributed by atoms with Gasteiger partial charge in [0, 0.05) is 6.54 Å². The molecule has 17 heavy (non-hydrogen) atoms. The SMILES string of the molecule is CC.CCC.Fc1cccc(C2CCNC2)c1. The Hall–Kier alpha value is -0.890. The fraction of sp³-hybridized carbons (Fsp3) is 0.600. The predicted molar refractivity (Wildman–Crippen MR) is 73.9 cm³/mol. The Labute approximate surface area is 105 Å². The van der Waals surface area contributed by atoms with E-state index in [1.165, 1.54) is 12.5 Å². The lowest BCUT2D eigenvalue weighted by Gasteiger charge is -2.07. The maximum Gasteiger partial charge on any atom is 0.123 e. The lowest BCUT2D eigenvalue weighted by atomic mass is 9.99. The van der Waals surface area contributed by atoms with Crippen LogP contribution in [0.5, 0.6) is 0 Å². The van der Waals surface area contributed by atoms with Crippen LogP contribution in [0, 0.1) is 5.82 Å². The van der Waals surface area contributed by atoms with Crippen molar-refractivity contribution in [3.05, 3.63) is 35.6 Å². The Morgan fingerprint density at radius 3 is 2.41 bits per heavy atom. The van der Waals surface area contributed by atoms with Gasteiger partial charge in [-0.15, -0.1) is 0 Å². The summed E-state index contributed by atoms with van der Waals surface area (Å²) in [6, 6.07) is 6.91. The van der Waals surface area contributed by atoms with Crippen molar-refractivity contribution >= 4 is 0 Å². The van der Waals surface area contributed by atoms with Crippen LogP contribution in [0.25, 0.3) is 0 Å². The molecule has 1 saturated heterocycles. The minimum Gasteiger partial charge on any atom is -0.316 e. The molecule has 0 aromatic heterocycles. The normalized spacial score (nSPS) is 17.6. The smallest absolute Gasteiger partial charge is 0.123 e. The summed E-state index contributed by atoms with van der Waals surface area (Å²) >= 11 is 0. The highest BCUT2D eigenvalue weighted by molar-refractivity contribution is 5.21. The summed E-state index contributed by atoms with van der Waals surface area (Å²) < 4.78 is 12.8. The summed E-state index contributed by atoms with van der Waals surface area (Å²) in [6.07, 6.45) is 2.38. The first-order chi connectivity index (χ1) is 8.27. The van der Waals surface area contributed by atoms with E-state index in [0.29, 0.717) is 5.92 Å². The minimum absolute atomic E-state index is 0.126. The largest absolute Gasteiger partial charge is 0.316 e. The molecule has 0 amide bonds. The van der Waals surface area contributed by atoms with Crippen molar-refractivity contribution in [2.75, 3.05) is 13.1 Å². The molecule has 0 aliphatic carbocycles. The highest BCUT2D eigenvalue weighted by Crippen LogP contribution is 2.22. The number of nitrogens with one attached hydrogen (secondary N) is 1. The topological polar surface area (TPSA) is 12.0 Å². The number of halogens is 1. The molecule has 98 valence electrons. The van der Waals surface area contributed by atoms with Crippen molar-refractivity contribution < 1.29 is 4.39 Å². The number of benzene rings is 1. The van der Waals surface area contributed by atoms with Gasteiger partial charge in [-0.25, -0.2) is 4.39 Å². The van der Waals surface area contributed by atoms with Gasteiger partial charge in [0.2, 0.25) is 0 Å². The van der Waals surface area contributed by atoms with Crippen LogP contribution in [-0.2, 0) is 0 Å². The molecule has 1 aliphatic heterocycles. The van der Waals surface area contributed by atoms with Gasteiger partial charge in [-0.2, -0.15) is 0 Å². The van der Waals surface area contributed by atoms with Crippen molar-refractivity contribution in [1.29, 1.82) is 0 Å². The zero-order valence-electron chi connectivity index (χ0n) is 11.6. The first-order valence-corrected chi connectivity index (χ1v) is 6.74. The molecule has 1 aromatic carbocycles. The summed E-state index contributed by atoms with van der Waals surface area (Å²) in [5.41, 5.74) is 1.13. The maximum atomic E-state index is 12.8. The lowest BCUT2D eigenvalue weighted by Crippen LogP contribution is -2.07. The fourth-order valence-electron chi connectivity index (χ4n) is 1.70. The average molecular weight is 239 g/mol. The second-order valence-corrected chi connectivity index (χ2v) is 3.95. The van der Waals surface area contributed by atoms with Crippen LogP contribution >= 0.6 is 0 Å². The Kier molecular flexibility index (Phi) is 9.74. The molecule has 1 atom stereocenters. The number of hydrogen-bond acceptors (Lipinski definition) is 1. The van der Waals surface area contributed by atoms with E-state index < -0.39 is 0 Å². The molecule has 1 fully saturated rings. The van der Waals surface area contributed by atoms with Crippen LogP contribution in [0.4, 0.5) is 4.39 Å². The molecule has 1 aliphatic rings.